The number of carbonyl (C=O) groups excluding carboxylic acids is 4. The topological polar surface area (TPSA) is 191 Å². The Labute approximate surface area is 348 Å². The first kappa shape index (κ1) is 45.2. The van der Waals surface area contributed by atoms with Gasteiger partial charge in [-0.3, -0.25) is 19.4 Å². The number of urea groups is 1. The van der Waals surface area contributed by atoms with E-state index in [4.69, 9.17) is 4.74 Å². The summed E-state index contributed by atoms with van der Waals surface area (Å²) in [5.41, 5.74) is 1.02. The monoisotopic (exact) mass is 822 g/mol. The van der Waals surface area contributed by atoms with E-state index in [2.05, 4.69) is 31.6 Å². The zero-order valence-corrected chi connectivity index (χ0v) is 35.5. The molecule has 5 amide bonds. The van der Waals surface area contributed by atoms with Crippen LogP contribution < -0.4 is 31.3 Å². The Hall–Kier alpha value is -3.88. The molecule has 14 heteroatoms. The van der Waals surface area contributed by atoms with Crippen LogP contribution in [0.5, 0.6) is 5.75 Å². The molecule has 0 spiro atoms. The van der Waals surface area contributed by atoms with Crippen molar-refractivity contribution in [2.24, 2.45) is 23.7 Å². The molecule has 7 N–H and O–H groups in total. The van der Waals surface area contributed by atoms with E-state index in [0.717, 1.165) is 63.5 Å². The summed E-state index contributed by atoms with van der Waals surface area (Å²) in [6, 6.07) is 11.1. The molecule has 1 aromatic carbocycles. The third-order valence-corrected chi connectivity index (χ3v) is 13.7. The summed E-state index contributed by atoms with van der Waals surface area (Å²) in [5, 5.41) is 39.1. The molecule has 3 heterocycles. The van der Waals surface area contributed by atoms with Crippen LogP contribution in [0.15, 0.2) is 48.7 Å². The Kier molecular flexibility index (Phi) is 17.5. The smallest absolute Gasteiger partial charge is 0.315 e. The van der Waals surface area contributed by atoms with Gasteiger partial charge in [-0.1, -0.05) is 97.3 Å². The number of fused-ring (bicyclic) bond motifs is 1. The van der Waals surface area contributed by atoms with E-state index in [1.165, 1.54) is 0 Å². The Morgan fingerprint density at radius 2 is 1.69 bits per heavy atom. The van der Waals surface area contributed by atoms with E-state index in [9.17, 15) is 29.4 Å². The number of aromatic nitrogens is 1. The van der Waals surface area contributed by atoms with Gasteiger partial charge in [-0.25, -0.2) is 4.79 Å². The number of aliphatic hydroxyl groups excluding tert-OH is 2. The average molecular weight is 823 g/mol. The number of nitrogens with zero attached hydrogens (tertiary/aromatic N) is 1. The molecule has 3 fully saturated rings. The number of pyridine rings is 1. The second-order valence-electron chi connectivity index (χ2n) is 16.8. The molecule has 2 saturated heterocycles. The maximum Gasteiger partial charge on any atom is 0.315 e. The predicted molar refractivity (Wildman–Crippen MR) is 226 cm³/mol. The third kappa shape index (κ3) is 12.6. The molecule has 13 nitrogen and oxygen atoms in total. The van der Waals surface area contributed by atoms with Crippen molar-refractivity contribution < 1.29 is 34.1 Å². The summed E-state index contributed by atoms with van der Waals surface area (Å²) in [4.78, 5) is 57.5. The highest BCUT2D eigenvalue weighted by Gasteiger charge is 2.43. The lowest BCUT2D eigenvalue weighted by Crippen LogP contribution is -2.57. The van der Waals surface area contributed by atoms with Gasteiger partial charge in [0.15, 0.2) is 0 Å². The van der Waals surface area contributed by atoms with Crippen LogP contribution in [0.1, 0.15) is 114 Å². The lowest BCUT2D eigenvalue weighted by Gasteiger charge is -2.36. The first-order valence-electron chi connectivity index (χ1n) is 21.5. The van der Waals surface area contributed by atoms with E-state index < -0.39 is 47.9 Å². The van der Waals surface area contributed by atoms with Gasteiger partial charge in [0, 0.05) is 17.2 Å². The van der Waals surface area contributed by atoms with Crippen LogP contribution in [0.3, 0.4) is 0 Å². The summed E-state index contributed by atoms with van der Waals surface area (Å²) < 4.78 is 6.15. The van der Waals surface area contributed by atoms with E-state index in [-0.39, 0.29) is 42.4 Å². The Bertz CT molecular complexity index is 1630. The van der Waals surface area contributed by atoms with Crippen LogP contribution in [0.4, 0.5) is 4.79 Å². The van der Waals surface area contributed by atoms with Gasteiger partial charge in [-0.05, 0) is 61.3 Å². The van der Waals surface area contributed by atoms with Crippen molar-refractivity contribution in [2.45, 2.75) is 146 Å². The molecule has 0 bridgehead atoms. The molecule has 9 atom stereocenters. The molecule has 58 heavy (non-hydrogen) atoms. The maximum atomic E-state index is 14.0. The third-order valence-electron chi connectivity index (χ3n) is 12.2. The fraction of sp³-hybridized carbons (Fsp3) is 0.659. The standard InChI is InChI=1S/C44H66N6O7S/c1-5-28(4)37(43(55)46-25-30-18-13-14-22-45-30)49-42(54)36(27(2)3)40(52)39(51)32(24-29-16-8-6-9-17-29)47-41(53)31-19-11-12-20-34(31)57-23-15-7-10-21-35-38-33(26-58-35)48-44(56)50-38/h11-14,18-20,22,27-29,32-33,35-40,51-52H,5-10,15-17,21,23-26H2,1-4H3,(H,46,55)(H,47,53)(H,49,54)(H2,48,50,56)/t28?,32-,33-,35-,36+,37-,38-,39+,40+/m0/s1. The molecule has 1 aliphatic carbocycles. The van der Waals surface area contributed by atoms with Crippen molar-refractivity contribution in [2.75, 3.05) is 12.4 Å². The van der Waals surface area contributed by atoms with Crippen molar-refractivity contribution in [1.82, 2.24) is 31.6 Å². The van der Waals surface area contributed by atoms with Crippen LogP contribution in [0.2, 0.25) is 0 Å². The summed E-state index contributed by atoms with van der Waals surface area (Å²) >= 11 is 1.91. The van der Waals surface area contributed by atoms with Gasteiger partial charge >= 0.3 is 6.03 Å². The molecule has 1 unspecified atom stereocenters. The number of aliphatic hydroxyl groups is 2. The first-order valence-corrected chi connectivity index (χ1v) is 22.6. The Morgan fingerprint density at radius 3 is 2.41 bits per heavy atom. The summed E-state index contributed by atoms with van der Waals surface area (Å²) in [6.07, 6.45) is 8.71. The van der Waals surface area contributed by atoms with E-state index in [0.29, 0.717) is 41.7 Å². The van der Waals surface area contributed by atoms with Crippen LogP contribution in [-0.2, 0) is 16.1 Å². The summed E-state index contributed by atoms with van der Waals surface area (Å²) in [5.74, 6) is -1.35. The highest BCUT2D eigenvalue weighted by atomic mass is 32.2. The highest BCUT2D eigenvalue weighted by molar-refractivity contribution is 8.00. The van der Waals surface area contributed by atoms with E-state index in [1.807, 2.05) is 43.8 Å². The van der Waals surface area contributed by atoms with Crippen molar-refractivity contribution in [3.05, 3.63) is 59.9 Å². The predicted octanol–water partition coefficient (Wildman–Crippen LogP) is 5.10. The number of amides is 5. The number of para-hydroxylation sites is 1. The van der Waals surface area contributed by atoms with Gasteiger partial charge < -0.3 is 41.5 Å². The second kappa shape index (κ2) is 22.5. The van der Waals surface area contributed by atoms with Crippen molar-refractivity contribution in [3.8, 4) is 5.75 Å². The van der Waals surface area contributed by atoms with Crippen LogP contribution >= 0.6 is 11.8 Å². The minimum absolute atomic E-state index is 0.0731. The fourth-order valence-electron chi connectivity index (χ4n) is 8.59. The van der Waals surface area contributed by atoms with E-state index in [1.54, 1.807) is 44.3 Å². The molecule has 0 radical (unpaired) electrons. The Balaban J connectivity index is 1.21. The van der Waals surface area contributed by atoms with Crippen molar-refractivity contribution in [3.63, 3.8) is 0 Å². The van der Waals surface area contributed by atoms with Gasteiger partial charge in [0.25, 0.3) is 5.91 Å². The van der Waals surface area contributed by atoms with Gasteiger partial charge in [0.2, 0.25) is 11.8 Å². The molecular formula is C44H66N6O7S. The molecule has 1 aromatic heterocycles. The summed E-state index contributed by atoms with van der Waals surface area (Å²) in [6.45, 7) is 8.08. The van der Waals surface area contributed by atoms with Gasteiger partial charge in [-0.15, -0.1) is 0 Å². The SMILES string of the molecule is CCC(C)[C@H](NC(=O)[C@H](C(C)C)[C@@H](O)[C@H](O)[C@H](CC1CCCCC1)NC(=O)c1ccccc1OCCCCC[C@@H]1SC[C@@H]2NC(=O)N[C@@H]21)C(=O)NCc1ccccn1. The summed E-state index contributed by atoms with van der Waals surface area (Å²) in [7, 11) is 0. The lowest BCUT2D eigenvalue weighted by molar-refractivity contribution is -0.140. The van der Waals surface area contributed by atoms with Crippen LogP contribution in [0.25, 0.3) is 0 Å². The number of thioether (sulfide) groups is 1. The van der Waals surface area contributed by atoms with Crippen molar-refractivity contribution >= 4 is 35.5 Å². The minimum atomic E-state index is -1.52. The molecule has 1 saturated carbocycles. The number of nitrogens with one attached hydrogen (secondary N) is 5. The first-order chi connectivity index (χ1) is 28.0. The molecule has 3 aliphatic rings. The lowest BCUT2D eigenvalue weighted by atomic mass is 9.79. The van der Waals surface area contributed by atoms with Crippen LogP contribution in [-0.4, -0.2) is 92.9 Å². The Morgan fingerprint density at radius 1 is 0.931 bits per heavy atom. The normalized spacial score (nSPS) is 22.4. The van der Waals surface area contributed by atoms with Crippen molar-refractivity contribution in [1.29, 1.82) is 0 Å². The quantitative estimate of drug-likeness (QED) is 0.0626. The van der Waals surface area contributed by atoms with Gasteiger partial charge in [0.1, 0.15) is 17.9 Å². The molecule has 2 aliphatic heterocycles. The zero-order valence-electron chi connectivity index (χ0n) is 34.7. The fourth-order valence-corrected chi connectivity index (χ4v) is 10.1. The van der Waals surface area contributed by atoms with Crippen LogP contribution in [0, 0.1) is 23.7 Å². The van der Waals surface area contributed by atoms with Gasteiger partial charge in [0.05, 0.1) is 54.6 Å². The minimum Gasteiger partial charge on any atom is -0.493 e. The molecule has 5 rings (SSSR count). The highest BCUT2D eigenvalue weighted by Crippen LogP contribution is 2.34. The number of benzene rings is 1. The number of ether oxygens (including phenoxy) is 1. The number of rotatable bonds is 22. The average Bonchev–Trinajstić information content (AvgIpc) is 3.79. The molecular weight excluding hydrogens is 757 g/mol. The largest absolute Gasteiger partial charge is 0.493 e. The number of unbranched alkanes of at least 4 members (excludes halogenated alkanes) is 2. The maximum absolute atomic E-state index is 14.0. The van der Waals surface area contributed by atoms with Gasteiger partial charge in [-0.2, -0.15) is 11.8 Å². The molecule has 2 aromatic rings. The second-order valence-corrected chi connectivity index (χ2v) is 18.1. The zero-order chi connectivity index (χ0) is 41.6. The molecule has 320 valence electrons. The number of carbonyl (C=O) groups is 4. The van der Waals surface area contributed by atoms with E-state index >= 15 is 0 Å². The number of hydrogen-bond acceptors (Lipinski definition) is 9. The number of hydrogen-bond donors (Lipinski definition) is 7.